The fourth-order valence-electron chi connectivity index (χ4n) is 2.57. The van der Waals surface area contributed by atoms with Crippen LogP contribution in [-0.4, -0.2) is 37.0 Å². The number of urea groups is 1. The zero-order valence-electron chi connectivity index (χ0n) is 12.5. The molecule has 5 nitrogen and oxygen atoms in total. The highest BCUT2D eigenvalue weighted by Gasteiger charge is 2.21. The fraction of sp³-hybridized carbons (Fsp3) is 0.562. The van der Waals surface area contributed by atoms with Crippen LogP contribution in [0.4, 0.5) is 10.5 Å². The van der Waals surface area contributed by atoms with Crippen LogP contribution in [0.1, 0.15) is 24.8 Å². The largest absolute Gasteiger partial charge is 0.393 e. The summed E-state index contributed by atoms with van der Waals surface area (Å²) < 4.78 is 5.28. The third kappa shape index (κ3) is 5.36. The van der Waals surface area contributed by atoms with Crippen molar-refractivity contribution >= 4 is 11.7 Å². The molecule has 1 aliphatic rings. The lowest BCUT2D eigenvalue weighted by Crippen LogP contribution is -2.34. The lowest BCUT2D eigenvalue weighted by Gasteiger charge is -2.26. The summed E-state index contributed by atoms with van der Waals surface area (Å²) in [6.07, 6.45) is 2.01. The van der Waals surface area contributed by atoms with Gasteiger partial charge in [0.15, 0.2) is 0 Å². The average molecular weight is 292 g/mol. The summed E-state index contributed by atoms with van der Waals surface area (Å²) in [6.45, 7) is 3.90. The molecule has 5 heteroatoms. The molecule has 21 heavy (non-hydrogen) atoms. The van der Waals surface area contributed by atoms with Crippen molar-refractivity contribution < 1.29 is 14.6 Å². The highest BCUT2D eigenvalue weighted by atomic mass is 16.5. The number of amides is 2. The lowest BCUT2D eigenvalue weighted by atomic mass is 9.92. The Labute approximate surface area is 125 Å². The third-order valence-electron chi connectivity index (χ3n) is 3.81. The molecule has 3 N–H and O–H groups in total. The molecule has 2 amide bonds. The molecule has 0 bridgehead atoms. The second kappa shape index (κ2) is 8.00. The van der Waals surface area contributed by atoms with Gasteiger partial charge in [0, 0.05) is 25.4 Å². The minimum Gasteiger partial charge on any atom is -0.393 e. The minimum atomic E-state index is -0.367. The zero-order valence-corrected chi connectivity index (χ0v) is 12.5. The number of carbonyl (C=O) groups excluding carboxylic acids is 1. The van der Waals surface area contributed by atoms with E-state index >= 15 is 0 Å². The van der Waals surface area contributed by atoms with Crippen LogP contribution in [0.5, 0.6) is 0 Å². The van der Waals surface area contributed by atoms with Crippen LogP contribution in [0, 0.1) is 12.8 Å². The molecular weight excluding hydrogens is 268 g/mol. The molecule has 1 saturated heterocycles. The van der Waals surface area contributed by atoms with E-state index in [1.165, 1.54) is 0 Å². The number of carbonyl (C=O) groups is 1. The Balaban J connectivity index is 1.66. The van der Waals surface area contributed by atoms with Crippen LogP contribution in [0.2, 0.25) is 0 Å². The number of rotatable bonds is 5. The van der Waals surface area contributed by atoms with Crippen molar-refractivity contribution in [3.63, 3.8) is 0 Å². The monoisotopic (exact) mass is 292 g/mol. The van der Waals surface area contributed by atoms with Gasteiger partial charge in [-0.15, -0.1) is 0 Å². The first kappa shape index (κ1) is 15.8. The molecule has 0 radical (unpaired) electrons. The van der Waals surface area contributed by atoms with Crippen LogP contribution in [0.25, 0.3) is 0 Å². The SMILES string of the molecule is Cc1cccc(NC(=O)NCCC(O)C2CCOCC2)c1. The van der Waals surface area contributed by atoms with Gasteiger partial charge >= 0.3 is 6.03 Å². The zero-order chi connectivity index (χ0) is 15.1. The van der Waals surface area contributed by atoms with Crippen molar-refractivity contribution in [1.29, 1.82) is 0 Å². The Morgan fingerprint density at radius 3 is 2.90 bits per heavy atom. The molecule has 1 aromatic rings. The number of hydrogen-bond acceptors (Lipinski definition) is 3. The van der Waals surface area contributed by atoms with Crippen molar-refractivity contribution in [2.75, 3.05) is 25.1 Å². The molecule has 116 valence electrons. The Morgan fingerprint density at radius 2 is 2.19 bits per heavy atom. The maximum absolute atomic E-state index is 11.8. The summed E-state index contributed by atoms with van der Waals surface area (Å²) in [4.78, 5) is 11.8. The Morgan fingerprint density at radius 1 is 1.43 bits per heavy atom. The van der Waals surface area contributed by atoms with Gasteiger partial charge < -0.3 is 20.5 Å². The van der Waals surface area contributed by atoms with E-state index in [9.17, 15) is 9.90 Å². The Kier molecular flexibility index (Phi) is 6.02. The molecule has 0 spiro atoms. The van der Waals surface area contributed by atoms with E-state index in [-0.39, 0.29) is 12.1 Å². The second-order valence-electron chi connectivity index (χ2n) is 5.56. The average Bonchev–Trinajstić information content (AvgIpc) is 2.48. The van der Waals surface area contributed by atoms with Gasteiger partial charge in [0.1, 0.15) is 0 Å². The van der Waals surface area contributed by atoms with Gasteiger partial charge in [-0.2, -0.15) is 0 Å². The van der Waals surface area contributed by atoms with E-state index in [0.29, 0.717) is 18.9 Å². The molecule has 2 rings (SSSR count). The smallest absolute Gasteiger partial charge is 0.319 e. The van der Waals surface area contributed by atoms with Crippen LogP contribution in [0.15, 0.2) is 24.3 Å². The predicted octanol–water partition coefficient (Wildman–Crippen LogP) is 2.29. The van der Waals surface area contributed by atoms with Crippen molar-refractivity contribution in [2.24, 2.45) is 5.92 Å². The topological polar surface area (TPSA) is 70.6 Å². The molecular formula is C16H24N2O3. The van der Waals surface area contributed by atoms with E-state index < -0.39 is 0 Å². The van der Waals surface area contributed by atoms with Gasteiger partial charge in [0.25, 0.3) is 0 Å². The van der Waals surface area contributed by atoms with Crippen molar-refractivity contribution in [3.05, 3.63) is 29.8 Å². The fourth-order valence-corrected chi connectivity index (χ4v) is 2.57. The summed E-state index contributed by atoms with van der Waals surface area (Å²) in [5.74, 6) is 0.292. The van der Waals surface area contributed by atoms with Crippen LogP contribution < -0.4 is 10.6 Å². The highest BCUT2D eigenvalue weighted by molar-refractivity contribution is 5.89. The van der Waals surface area contributed by atoms with Gasteiger partial charge in [-0.3, -0.25) is 0 Å². The van der Waals surface area contributed by atoms with E-state index in [1.54, 1.807) is 0 Å². The lowest BCUT2D eigenvalue weighted by molar-refractivity contribution is 0.00549. The normalized spacial score (nSPS) is 17.2. The Hall–Kier alpha value is -1.59. The molecule has 1 atom stereocenters. The summed E-state index contributed by atoms with van der Waals surface area (Å²) >= 11 is 0. The number of hydrogen-bond donors (Lipinski definition) is 3. The molecule has 1 heterocycles. The first-order valence-electron chi connectivity index (χ1n) is 7.52. The maximum Gasteiger partial charge on any atom is 0.319 e. The number of ether oxygens (including phenoxy) is 1. The summed E-state index contributed by atoms with van der Waals surface area (Å²) in [6, 6.07) is 7.41. The number of aliphatic hydroxyl groups is 1. The van der Waals surface area contributed by atoms with Crippen LogP contribution in [0.3, 0.4) is 0 Å². The molecule has 1 fully saturated rings. The summed E-state index contributed by atoms with van der Waals surface area (Å²) in [7, 11) is 0. The van der Waals surface area contributed by atoms with Gasteiger partial charge in [0.05, 0.1) is 6.10 Å². The van der Waals surface area contributed by atoms with E-state index in [0.717, 1.165) is 37.3 Å². The maximum atomic E-state index is 11.8. The molecule has 1 unspecified atom stereocenters. The first-order chi connectivity index (χ1) is 10.1. The van der Waals surface area contributed by atoms with Crippen molar-refractivity contribution in [3.8, 4) is 0 Å². The molecule has 0 aliphatic carbocycles. The van der Waals surface area contributed by atoms with E-state index in [2.05, 4.69) is 10.6 Å². The minimum absolute atomic E-state index is 0.236. The van der Waals surface area contributed by atoms with Gasteiger partial charge in [-0.05, 0) is 49.8 Å². The number of anilines is 1. The van der Waals surface area contributed by atoms with Gasteiger partial charge in [-0.25, -0.2) is 4.79 Å². The third-order valence-corrected chi connectivity index (χ3v) is 3.81. The summed E-state index contributed by atoms with van der Waals surface area (Å²) in [5, 5.41) is 15.6. The number of benzene rings is 1. The molecule has 1 aromatic carbocycles. The summed E-state index contributed by atoms with van der Waals surface area (Å²) in [5.41, 5.74) is 1.88. The predicted molar refractivity (Wildman–Crippen MR) is 82.4 cm³/mol. The first-order valence-corrected chi connectivity index (χ1v) is 7.52. The number of nitrogens with one attached hydrogen (secondary N) is 2. The standard InChI is InChI=1S/C16H24N2O3/c1-12-3-2-4-14(11-12)18-16(20)17-8-5-15(19)13-6-9-21-10-7-13/h2-4,11,13,15,19H,5-10H2,1H3,(H2,17,18,20). The number of aliphatic hydroxyl groups excluding tert-OH is 1. The van der Waals surface area contributed by atoms with Gasteiger partial charge in [0.2, 0.25) is 0 Å². The van der Waals surface area contributed by atoms with Crippen LogP contribution >= 0.6 is 0 Å². The van der Waals surface area contributed by atoms with Crippen molar-refractivity contribution in [2.45, 2.75) is 32.3 Å². The molecule has 0 aromatic heterocycles. The van der Waals surface area contributed by atoms with Gasteiger partial charge in [-0.1, -0.05) is 12.1 Å². The molecule has 0 saturated carbocycles. The molecule has 1 aliphatic heterocycles. The Bertz CT molecular complexity index is 459. The second-order valence-corrected chi connectivity index (χ2v) is 5.56. The number of aryl methyl sites for hydroxylation is 1. The quantitative estimate of drug-likeness (QED) is 0.780. The highest BCUT2D eigenvalue weighted by Crippen LogP contribution is 2.20. The van der Waals surface area contributed by atoms with Crippen LogP contribution in [-0.2, 0) is 4.74 Å². The van der Waals surface area contributed by atoms with E-state index in [4.69, 9.17) is 4.74 Å². The van der Waals surface area contributed by atoms with Crippen molar-refractivity contribution in [1.82, 2.24) is 5.32 Å². The van der Waals surface area contributed by atoms with E-state index in [1.807, 2.05) is 31.2 Å².